The number of carbonyl (C=O) groups excluding carboxylic acids is 1. The van der Waals surface area contributed by atoms with Crippen molar-refractivity contribution in [1.82, 2.24) is 20.3 Å². The number of aromatic hydroxyl groups is 1. The summed E-state index contributed by atoms with van der Waals surface area (Å²) in [5.41, 5.74) is -0.335. The zero-order valence-corrected chi connectivity index (χ0v) is 24.8. The summed E-state index contributed by atoms with van der Waals surface area (Å²) < 4.78 is 41.4. The molecule has 1 aliphatic rings. The first-order valence-electron chi connectivity index (χ1n) is 14.5. The van der Waals surface area contributed by atoms with Crippen LogP contribution in [0, 0.1) is 24.0 Å². The first-order valence-corrected chi connectivity index (χ1v) is 14.5. The number of fused-ring (bicyclic) bond motifs is 2. The number of hydrogen-bond acceptors (Lipinski definition) is 9. The number of esters is 1. The minimum atomic E-state index is -0.885. The van der Waals surface area contributed by atoms with Crippen LogP contribution >= 0.6 is 0 Å². The molecule has 1 saturated heterocycles. The van der Waals surface area contributed by atoms with Gasteiger partial charge in [-0.15, -0.1) is 6.42 Å². The zero-order valence-electron chi connectivity index (χ0n) is 24.8. The summed E-state index contributed by atoms with van der Waals surface area (Å²) in [5.74, 6) is 1.15. The van der Waals surface area contributed by atoms with Crippen molar-refractivity contribution in [1.29, 1.82) is 0 Å². The molecule has 0 spiro atoms. The Balaban J connectivity index is 1.24. The SMILES string of the molecule is C#Cc1c(F)ccc2cc(O)cc(-c3ncc4c(N5CCNC(CCC(=O)OCc6ccc(OC)cc6)C5)nc(=O)[nH]c4c3F)c12. The molecule has 234 valence electrons. The van der Waals surface area contributed by atoms with Gasteiger partial charge < -0.3 is 29.8 Å². The summed E-state index contributed by atoms with van der Waals surface area (Å²) in [6.45, 7) is 1.54. The van der Waals surface area contributed by atoms with Gasteiger partial charge in [0.15, 0.2) is 5.82 Å². The van der Waals surface area contributed by atoms with E-state index in [1.807, 2.05) is 17.0 Å². The van der Waals surface area contributed by atoms with Crippen LogP contribution in [0.15, 0.2) is 59.5 Å². The first-order chi connectivity index (χ1) is 22.2. The number of carbonyl (C=O) groups is 1. The number of halogens is 2. The number of ether oxygens (including phenoxy) is 2. The van der Waals surface area contributed by atoms with E-state index in [2.05, 4.69) is 26.2 Å². The summed E-state index contributed by atoms with van der Waals surface area (Å²) >= 11 is 0. The lowest BCUT2D eigenvalue weighted by atomic mass is 9.96. The van der Waals surface area contributed by atoms with Crippen LogP contribution in [0.4, 0.5) is 14.6 Å². The molecule has 1 atom stereocenters. The van der Waals surface area contributed by atoms with Crippen LogP contribution in [-0.4, -0.2) is 58.8 Å². The number of methoxy groups -OCH3 is 1. The van der Waals surface area contributed by atoms with E-state index in [1.165, 1.54) is 30.5 Å². The lowest BCUT2D eigenvalue weighted by molar-refractivity contribution is -0.145. The molecule has 3 aromatic carbocycles. The van der Waals surface area contributed by atoms with Crippen LogP contribution in [0.3, 0.4) is 0 Å². The molecular formula is C34H29F2N5O5. The van der Waals surface area contributed by atoms with Crippen molar-refractivity contribution in [3.05, 3.63) is 88.0 Å². The summed E-state index contributed by atoms with van der Waals surface area (Å²) in [6.07, 6.45) is 7.60. The molecule has 5 aromatic rings. The molecule has 0 bridgehead atoms. The topological polar surface area (TPSA) is 130 Å². The molecule has 1 fully saturated rings. The molecule has 10 nitrogen and oxygen atoms in total. The van der Waals surface area contributed by atoms with Gasteiger partial charge in [-0.2, -0.15) is 4.98 Å². The molecule has 3 heterocycles. The molecule has 46 heavy (non-hydrogen) atoms. The summed E-state index contributed by atoms with van der Waals surface area (Å²) in [6, 6.07) is 12.4. The van der Waals surface area contributed by atoms with E-state index < -0.39 is 17.3 Å². The van der Waals surface area contributed by atoms with Crippen LogP contribution in [-0.2, 0) is 16.1 Å². The largest absolute Gasteiger partial charge is 0.508 e. The van der Waals surface area contributed by atoms with Crippen molar-refractivity contribution in [2.24, 2.45) is 0 Å². The fourth-order valence-electron chi connectivity index (χ4n) is 5.71. The Morgan fingerprint density at radius 3 is 2.76 bits per heavy atom. The average molecular weight is 626 g/mol. The van der Waals surface area contributed by atoms with Crippen molar-refractivity contribution in [2.45, 2.75) is 25.5 Å². The van der Waals surface area contributed by atoms with Gasteiger partial charge in [0, 0.05) is 49.2 Å². The number of terminal acetylenes is 1. The summed E-state index contributed by atoms with van der Waals surface area (Å²) in [4.78, 5) is 38.0. The Kier molecular flexibility index (Phi) is 8.50. The maximum absolute atomic E-state index is 16.2. The molecule has 3 N–H and O–H groups in total. The van der Waals surface area contributed by atoms with Crippen molar-refractivity contribution < 1.29 is 28.2 Å². The molecule has 6 rings (SSSR count). The van der Waals surface area contributed by atoms with Gasteiger partial charge >= 0.3 is 11.7 Å². The van der Waals surface area contributed by atoms with E-state index in [1.54, 1.807) is 19.2 Å². The lowest BCUT2D eigenvalue weighted by Crippen LogP contribution is -2.51. The van der Waals surface area contributed by atoms with E-state index in [4.69, 9.17) is 15.9 Å². The second-order valence-corrected chi connectivity index (χ2v) is 10.9. The molecule has 1 unspecified atom stereocenters. The van der Waals surface area contributed by atoms with Gasteiger partial charge in [0.1, 0.15) is 35.4 Å². The molecule has 1 aliphatic heterocycles. The van der Waals surface area contributed by atoms with E-state index in [0.717, 1.165) is 5.56 Å². The molecule has 0 aliphatic carbocycles. The molecular weight excluding hydrogens is 596 g/mol. The standard InChI is InChI=1S/C34H29F2N5O5/c1-3-24-27(35)10-6-20-14-22(42)15-25(29(20)24)31-30(36)32-26(16-38-31)33(40-34(44)39-32)41-13-12-37-21(17-41)7-11-28(43)46-18-19-4-8-23(45-2)9-5-19/h1,4-6,8-10,14-16,21,37,42H,7,11-13,17-18H2,2H3,(H,39,40,44). The second-order valence-electron chi connectivity index (χ2n) is 10.9. The summed E-state index contributed by atoms with van der Waals surface area (Å²) in [7, 11) is 1.58. The van der Waals surface area contributed by atoms with E-state index >= 15 is 4.39 Å². The third-order valence-corrected chi connectivity index (χ3v) is 7.96. The Morgan fingerprint density at radius 1 is 1.20 bits per heavy atom. The fraction of sp³-hybridized carbons (Fsp3) is 0.235. The Labute approximate surface area is 262 Å². The van der Waals surface area contributed by atoms with Gasteiger partial charge in [-0.25, -0.2) is 13.6 Å². The van der Waals surface area contributed by atoms with Crippen molar-refractivity contribution >= 4 is 33.5 Å². The van der Waals surface area contributed by atoms with Gasteiger partial charge in [0.25, 0.3) is 0 Å². The third-order valence-electron chi connectivity index (χ3n) is 7.96. The third kappa shape index (κ3) is 6.05. The minimum Gasteiger partial charge on any atom is -0.508 e. The number of phenols is 1. The Morgan fingerprint density at radius 2 is 2.00 bits per heavy atom. The number of hydrogen-bond donors (Lipinski definition) is 3. The highest BCUT2D eigenvalue weighted by molar-refractivity contribution is 6.02. The molecule has 0 saturated carbocycles. The van der Waals surface area contributed by atoms with Crippen LogP contribution in [0.25, 0.3) is 32.9 Å². The first kappa shape index (κ1) is 30.5. The van der Waals surface area contributed by atoms with Gasteiger partial charge in [0.2, 0.25) is 0 Å². The highest BCUT2D eigenvalue weighted by Gasteiger charge is 2.26. The number of rotatable bonds is 8. The number of H-pyrrole nitrogens is 1. The van der Waals surface area contributed by atoms with E-state index in [0.29, 0.717) is 37.2 Å². The van der Waals surface area contributed by atoms with Gasteiger partial charge in [0.05, 0.1) is 23.6 Å². The number of benzene rings is 3. The number of piperazine rings is 1. The predicted octanol–water partition coefficient (Wildman–Crippen LogP) is 4.41. The smallest absolute Gasteiger partial charge is 0.347 e. The number of anilines is 1. The molecule has 0 radical (unpaired) electrons. The highest BCUT2D eigenvalue weighted by Crippen LogP contribution is 2.38. The van der Waals surface area contributed by atoms with Gasteiger partial charge in [-0.1, -0.05) is 24.1 Å². The number of nitrogens with zero attached hydrogens (tertiary/aromatic N) is 3. The van der Waals surface area contributed by atoms with Crippen LogP contribution in [0.1, 0.15) is 24.0 Å². The number of pyridine rings is 1. The normalized spacial score (nSPS) is 14.7. The van der Waals surface area contributed by atoms with E-state index in [-0.39, 0.29) is 69.7 Å². The van der Waals surface area contributed by atoms with Crippen molar-refractivity contribution in [2.75, 3.05) is 31.6 Å². The Bertz CT molecular complexity index is 2060. The van der Waals surface area contributed by atoms with Crippen LogP contribution < -0.4 is 20.6 Å². The number of phenolic OH excluding ortho intramolecular Hbond substituents is 1. The van der Waals surface area contributed by atoms with Gasteiger partial charge in [-0.05, 0) is 47.7 Å². The van der Waals surface area contributed by atoms with Gasteiger partial charge in [-0.3, -0.25) is 9.78 Å². The molecule has 0 amide bonds. The lowest BCUT2D eigenvalue weighted by Gasteiger charge is -2.34. The molecule has 12 heteroatoms. The maximum Gasteiger partial charge on any atom is 0.347 e. The number of nitrogens with one attached hydrogen (secondary N) is 2. The van der Waals surface area contributed by atoms with Crippen LogP contribution in [0.5, 0.6) is 11.5 Å². The molecule has 2 aromatic heterocycles. The zero-order chi connectivity index (χ0) is 32.4. The quantitative estimate of drug-likeness (QED) is 0.170. The fourth-order valence-corrected chi connectivity index (χ4v) is 5.71. The summed E-state index contributed by atoms with van der Waals surface area (Å²) in [5, 5.41) is 14.6. The average Bonchev–Trinajstić information content (AvgIpc) is 3.06. The van der Waals surface area contributed by atoms with Crippen LogP contribution in [0.2, 0.25) is 0 Å². The highest BCUT2D eigenvalue weighted by atomic mass is 19.1. The minimum absolute atomic E-state index is 0.0715. The second kappa shape index (κ2) is 12.8. The maximum atomic E-state index is 16.2. The van der Waals surface area contributed by atoms with Crippen molar-refractivity contribution in [3.63, 3.8) is 0 Å². The van der Waals surface area contributed by atoms with E-state index in [9.17, 15) is 19.1 Å². The van der Waals surface area contributed by atoms with Crippen molar-refractivity contribution in [3.8, 4) is 35.1 Å². The Hall–Kier alpha value is -5.54. The predicted molar refractivity (Wildman–Crippen MR) is 169 cm³/mol. The number of aromatic amines is 1. The number of aromatic nitrogens is 3. The monoisotopic (exact) mass is 625 g/mol.